The number of methoxy groups -OCH3 is 1. The molecule has 1 unspecified atom stereocenters. The maximum Gasteiger partial charge on any atom is 0.336 e. The van der Waals surface area contributed by atoms with Crippen LogP contribution in [0.5, 0.6) is 5.75 Å². The monoisotopic (exact) mass is 435 g/mol. The second-order valence-electron chi connectivity index (χ2n) is 7.16. The SMILES string of the molecule is COc1c(C)cnc(C[S+]([O-])c2nc3cc(-c4ccccc4C(=O)O)ccc3[nH]2)c1C. The molecule has 0 fully saturated rings. The van der Waals surface area contributed by atoms with Crippen molar-refractivity contribution >= 4 is 28.2 Å². The number of carboxylic acids is 1. The average Bonchev–Trinajstić information content (AvgIpc) is 3.19. The Morgan fingerprint density at radius 2 is 2.00 bits per heavy atom. The molecular formula is C23H21N3O4S. The van der Waals surface area contributed by atoms with Crippen molar-refractivity contribution in [3.05, 3.63) is 71.0 Å². The van der Waals surface area contributed by atoms with Gasteiger partial charge in [0.05, 0.1) is 29.4 Å². The van der Waals surface area contributed by atoms with Gasteiger partial charge in [-0.25, -0.2) is 4.79 Å². The lowest BCUT2D eigenvalue weighted by Crippen LogP contribution is -2.10. The van der Waals surface area contributed by atoms with Gasteiger partial charge in [-0.1, -0.05) is 24.3 Å². The molecule has 2 N–H and O–H groups in total. The molecule has 158 valence electrons. The highest BCUT2D eigenvalue weighted by Gasteiger charge is 2.21. The summed E-state index contributed by atoms with van der Waals surface area (Å²) < 4.78 is 18.4. The highest BCUT2D eigenvalue weighted by Crippen LogP contribution is 2.29. The standard InChI is InChI=1S/C23H21N3O4S/c1-13-11-24-20(14(2)21(13)30-3)12-31(29)23-25-18-9-8-15(10-19(18)26-23)16-6-4-5-7-17(16)22(27)28/h4-11H,12H2,1-3H3,(H,25,26)(H,27,28). The zero-order valence-corrected chi connectivity index (χ0v) is 18.1. The van der Waals surface area contributed by atoms with E-state index in [1.54, 1.807) is 43.6 Å². The van der Waals surface area contributed by atoms with E-state index in [0.717, 1.165) is 28.0 Å². The van der Waals surface area contributed by atoms with Gasteiger partial charge in [0, 0.05) is 28.5 Å². The molecular weight excluding hydrogens is 414 g/mol. The Bertz CT molecular complexity index is 1290. The fourth-order valence-corrected chi connectivity index (χ4v) is 4.69. The molecule has 2 aromatic carbocycles. The van der Waals surface area contributed by atoms with E-state index in [1.807, 2.05) is 26.0 Å². The third-order valence-electron chi connectivity index (χ3n) is 5.16. The number of fused-ring (bicyclic) bond motifs is 1. The summed E-state index contributed by atoms with van der Waals surface area (Å²) in [4.78, 5) is 23.6. The van der Waals surface area contributed by atoms with Gasteiger partial charge in [-0.05, 0) is 43.2 Å². The maximum absolute atomic E-state index is 13.0. The molecule has 0 saturated heterocycles. The fraction of sp³-hybridized carbons (Fsp3) is 0.174. The number of carbonyl (C=O) groups is 1. The summed E-state index contributed by atoms with van der Waals surface area (Å²) in [6.45, 7) is 3.81. The van der Waals surface area contributed by atoms with Crippen LogP contribution in [0.25, 0.3) is 22.2 Å². The van der Waals surface area contributed by atoms with E-state index < -0.39 is 17.1 Å². The molecule has 4 rings (SSSR count). The van der Waals surface area contributed by atoms with Crippen LogP contribution in [0.15, 0.2) is 53.8 Å². The number of ether oxygens (including phenoxy) is 1. The molecule has 0 aliphatic rings. The van der Waals surface area contributed by atoms with Crippen molar-refractivity contribution in [2.75, 3.05) is 7.11 Å². The molecule has 0 bridgehead atoms. The lowest BCUT2D eigenvalue weighted by Gasteiger charge is -2.13. The highest BCUT2D eigenvalue weighted by atomic mass is 32.2. The quantitative estimate of drug-likeness (QED) is 0.438. The van der Waals surface area contributed by atoms with Crippen molar-refractivity contribution in [2.45, 2.75) is 24.8 Å². The van der Waals surface area contributed by atoms with Crippen molar-refractivity contribution in [1.29, 1.82) is 0 Å². The molecule has 0 amide bonds. The first-order valence-electron chi connectivity index (χ1n) is 9.59. The molecule has 2 heterocycles. The number of nitrogens with zero attached hydrogens (tertiary/aromatic N) is 2. The van der Waals surface area contributed by atoms with E-state index in [2.05, 4.69) is 15.0 Å². The van der Waals surface area contributed by atoms with Crippen LogP contribution >= 0.6 is 0 Å². The number of aromatic nitrogens is 3. The molecule has 1 atom stereocenters. The summed E-state index contributed by atoms with van der Waals surface area (Å²) in [5.74, 6) is -0.0407. The van der Waals surface area contributed by atoms with Gasteiger partial charge >= 0.3 is 11.1 Å². The molecule has 0 aliphatic heterocycles. The lowest BCUT2D eigenvalue weighted by molar-refractivity contribution is 0.0697. The molecule has 0 radical (unpaired) electrons. The largest absolute Gasteiger partial charge is 0.609 e. The zero-order chi connectivity index (χ0) is 22.1. The Labute approximate surface area is 182 Å². The number of aryl methyl sites for hydroxylation is 1. The van der Waals surface area contributed by atoms with Gasteiger partial charge in [0.1, 0.15) is 5.75 Å². The number of nitrogens with one attached hydrogen (secondary N) is 1. The summed E-state index contributed by atoms with van der Waals surface area (Å²) in [6, 6.07) is 12.3. The first-order valence-corrected chi connectivity index (χ1v) is 10.9. The van der Waals surface area contributed by atoms with Crippen LogP contribution < -0.4 is 4.74 Å². The van der Waals surface area contributed by atoms with Crippen LogP contribution in [0, 0.1) is 13.8 Å². The van der Waals surface area contributed by atoms with Crippen molar-refractivity contribution in [2.24, 2.45) is 0 Å². The van der Waals surface area contributed by atoms with Crippen molar-refractivity contribution < 1.29 is 19.2 Å². The van der Waals surface area contributed by atoms with E-state index in [0.29, 0.717) is 21.9 Å². The van der Waals surface area contributed by atoms with Gasteiger partial charge in [-0.2, -0.15) is 4.98 Å². The molecule has 7 nitrogen and oxygen atoms in total. The molecule has 8 heteroatoms. The molecule has 0 saturated carbocycles. The minimum atomic E-state index is -1.44. The summed E-state index contributed by atoms with van der Waals surface area (Å²) in [5.41, 5.74) is 5.38. The van der Waals surface area contributed by atoms with E-state index in [1.165, 1.54) is 0 Å². The molecule has 2 aromatic heterocycles. The molecule has 4 aromatic rings. The van der Waals surface area contributed by atoms with E-state index in [4.69, 9.17) is 4.74 Å². The van der Waals surface area contributed by atoms with E-state index in [-0.39, 0.29) is 11.3 Å². The molecule has 31 heavy (non-hydrogen) atoms. The number of hydrogen-bond donors (Lipinski definition) is 2. The van der Waals surface area contributed by atoms with Gasteiger partial charge in [0.25, 0.3) is 0 Å². The fourth-order valence-electron chi connectivity index (χ4n) is 3.59. The van der Waals surface area contributed by atoms with Gasteiger partial charge in [0.2, 0.25) is 0 Å². The number of benzene rings is 2. The second-order valence-corrected chi connectivity index (χ2v) is 8.53. The predicted octanol–water partition coefficient (Wildman–Crippen LogP) is 4.26. The molecule has 0 aliphatic carbocycles. The van der Waals surface area contributed by atoms with Gasteiger partial charge in [0.15, 0.2) is 5.75 Å². The molecule has 0 spiro atoms. The average molecular weight is 436 g/mol. The Hall–Kier alpha value is -3.36. The van der Waals surface area contributed by atoms with E-state index >= 15 is 0 Å². The second kappa shape index (κ2) is 8.41. The van der Waals surface area contributed by atoms with Crippen molar-refractivity contribution in [3.8, 4) is 16.9 Å². The number of aromatic carboxylic acids is 1. The zero-order valence-electron chi connectivity index (χ0n) is 17.3. The van der Waals surface area contributed by atoms with Crippen LogP contribution in [-0.2, 0) is 16.9 Å². The third kappa shape index (κ3) is 3.99. The number of imidazole rings is 1. The first-order chi connectivity index (χ1) is 14.9. The van der Waals surface area contributed by atoms with Crippen molar-refractivity contribution in [1.82, 2.24) is 15.0 Å². The minimum absolute atomic E-state index is 0.205. The Kier molecular flexibility index (Phi) is 5.67. The number of aromatic amines is 1. The van der Waals surface area contributed by atoms with Crippen LogP contribution in [0.2, 0.25) is 0 Å². The minimum Gasteiger partial charge on any atom is -0.609 e. The lowest BCUT2D eigenvalue weighted by atomic mass is 9.99. The summed E-state index contributed by atoms with van der Waals surface area (Å²) in [7, 11) is 1.61. The predicted molar refractivity (Wildman–Crippen MR) is 119 cm³/mol. The van der Waals surface area contributed by atoms with Crippen LogP contribution in [0.4, 0.5) is 0 Å². The normalized spacial score (nSPS) is 12.1. The Balaban J connectivity index is 1.66. The number of pyridine rings is 1. The third-order valence-corrected chi connectivity index (χ3v) is 6.32. The van der Waals surface area contributed by atoms with Gasteiger partial charge in [-0.3, -0.25) is 9.97 Å². The number of hydrogen-bond acceptors (Lipinski definition) is 5. The summed E-state index contributed by atoms with van der Waals surface area (Å²) >= 11 is -1.44. The Morgan fingerprint density at radius 3 is 2.74 bits per heavy atom. The van der Waals surface area contributed by atoms with E-state index in [9.17, 15) is 14.5 Å². The smallest absolute Gasteiger partial charge is 0.336 e. The Morgan fingerprint density at radius 1 is 1.23 bits per heavy atom. The van der Waals surface area contributed by atoms with Gasteiger partial charge < -0.3 is 14.4 Å². The van der Waals surface area contributed by atoms with Crippen LogP contribution in [-0.4, -0.2) is 37.7 Å². The summed E-state index contributed by atoms with van der Waals surface area (Å²) in [6.07, 6.45) is 1.71. The van der Waals surface area contributed by atoms with Crippen LogP contribution in [0.3, 0.4) is 0 Å². The highest BCUT2D eigenvalue weighted by molar-refractivity contribution is 7.90. The summed E-state index contributed by atoms with van der Waals surface area (Å²) in [5, 5.41) is 9.80. The maximum atomic E-state index is 13.0. The number of rotatable bonds is 6. The topological polar surface area (TPSA) is 111 Å². The first kappa shape index (κ1) is 20.9. The number of H-pyrrole nitrogens is 1. The number of carboxylic acid groups (broad SMARTS) is 1. The van der Waals surface area contributed by atoms with Crippen molar-refractivity contribution in [3.63, 3.8) is 0 Å². The van der Waals surface area contributed by atoms with Gasteiger partial charge in [-0.15, -0.1) is 0 Å². The van der Waals surface area contributed by atoms with Crippen LogP contribution in [0.1, 0.15) is 27.2 Å².